The van der Waals surface area contributed by atoms with Crippen LogP contribution in [0.1, 0.15) is 28.2 Å². The van der Waals surface area contributed by atoms with E-state index in [0.717, 1.165) is 30.8 Å². The van der Waals surface area contributed by atoms with Crippen molar-refractivity contribution in [3.63, 3.8) is 0 Å². The number of likely N-dealkylation sites (tertiary alicyclic amines) is 1. The maximum absolute atomic E-state index is 13.7. The highest BCUT2D eigenvalue weighted by molar-refractivity contribution is 5.91. The summed E-state index contributed by atoms with van der Waals surface area (Å²) >= 11 is 0. The number of carbonyl (C=O) groups is 1. The molecule has 1 amide bonds. The second-order valence-corrected chi connectivity index (χ2v) is 6.23. The van der Waals surface area contributed by atoms with Gasteiger partial charge in [0.1, 0.15) is 11.5 Å². The van der Waals surface area contributed by atoms with Crippen LogP contribution in [0, 0.1) is 18.7 Å². The molecule has 1 fully saturated rings. The van der Waals surface area contributed by atoms with Crippen molar-refractivity contribution in [3.05, 3.63) is 59.4 Å². The van der Waals surface area contributed by atoms with Gasteiger partial charge in [0.05, 0.1) is 11.9 Å². The SMILES string of the molecule is Cc1cnc(C(=O)NC[C@H]2CCN(Cc3ccccc3F)C2)cn1. The molecule has 1 aliphatic heterocycles. The third kappa shape index (κ3) is 4.14. The standard InChI is InChI=1S/C18H21FN4O/c1-13-8-21-17(10-20-13)18(24)22-9-14-6-7-23(11-14)12-15-4-2-3-5-16(15)19/h2-5,8,10,14H,6-7,9,11-12H2,1H3,(H,22,24)/t14-/m1/s1. The Bertz CT molecular complexity index is 704. The van der Waals surface area contributed by atoms with E-state index in [9.17, 15) is 9.18 Å². The number of hydrogen-bond acceptors (Lipinski definition) is 4. The lowest BCUT2D eigenvalue weighted by Gasteiger charge is -2.16. The molecule has 1 N–H and O–H groups in total. The zero-order valence-electron chi connectivity index (χ0n) is 13.7. The maximum atomic E-state index is 13.7. The van der Waals surface area contributed by atoms with E-state index in [4.69, 9.17) is 0 Å². The lowest BCUT2D eigenvalue weighted by Crippen LogP contribution is -2.31. The molecule has 126 valence electrons. The van der Waals surface area contributed by atoms with Crippen molar-refractivity contribution in [2.24, 2.45) is 5.92 Å². The molecule has 0 bridgehead atoms. The van der Waals surface area contributed by atoms with Crippen LogP contribution in [0.4, 0.5) is 4.39 Å². The molecule has 1 aromatic carbocycles. The van der Waals surface area contributed by atoms with Gasteiger partial charge in [-0.1, -0.05) is 18.2 Å². The van der Waals surface area contributed by atoms with Gasteiger partial charge in [-0.05, 0) is 31.9 Å². The molecule has 6 heteroatoms. The summed E-state index contributed by atoms with van der Waals surface area (Å²) < 4.78 is 13.7. The summed E-state index contributed by atoms with van der Waals surface area (Å²) in [4.78, 5) is 22.4. The molecule has 3 rings (SSSR count). The number of nitrogens with one attached hydrogen (secondary N) is 1. The van der Waals surface area contributed by atoms with E-state index in [1.165, 1.54) is 12.3 Å². The number of halogens is 1. The Balaban J connectivity index is 1.47. The molecule has 1 aromatic heterocycles. The van der Waals surface area contributed by atoms with Gasteiger partial charge < -0.3 is 5.32 Å². The summed E-state index contributed by atoms with van der Waals surface area (Å²) in [6.45, 7) is 4.81. The Morgan fingerprint density at radius 3 is 2.92 bits per heavy atom. The van der Waals surface area contributed by atoms with Crippen LogP contribution in [-0.4, -0.2) is 40.4 Å². The van der Waals surface area contributed by atoms with Crippen LogP contribution in [0.25, 0.3) is 0 Å². The summed E-state index contributed by atoms with van der Waals surface area (Å²) in [5.41, 5.74) is 1.84. The summed E-state index contributed by atoms with van der Waals surface area (Å²) in [5.74, 6) is 0.0152. The van der Waals surface area contributed by atoms with E-state index in [0.29, 0.717) is 24.7 Å². The first-order valence-corrected chi connectivity index (χ1v) is 8.14. The van der Waals surface area contributed by atoms with Crippen molar-refractivity contribution in [1.82, 2.24) is 20.2 Å². The zero-order chi connectivity index (χ0) is 16.9. The second-order valence-electron chi connectivity index (χ2n) is 6.23. The van der Waals surface area contributed by atoms with Crippen LogP contribution in [0.15, 0.2) is 36.7 Å². The van der Waals surface area contributed by atoms with E-state index < -0.39 is 0 Å². The van der Waals surface area contributed by atoms with Gasteiger partial charge in [0.2, 0.25) is 0 Å². The fraction of sp³-hybridized carbons (Fsp3) is 0.389. The number of aromatic nitrogens is 2. The van der Waals surface area contributed by atoms with Crippen LogP contribution >= 0.6 is 0 Å². The first kappa shape index (κ1) is 16.5. The second kappa shape index (κ2) is 7.49. The Morgan fingerprint density at radius 1 is 1.33 bits per heavy atom. The molecule has 2 aromatic rings. The number of hydrogen-bond donors (Lipinski definition) is 1. The lowest BCUT2D eigenvalue weighted by atomic mass is 10.1. The molecule has 1 atom stereocenters. The van der Waals surface area contributed by atoms with Crippen molar-refractivity contribution >= 4 is 5.91 Å². The minimum absolute atomic E-state index is 0.160. The molecule has 24 heavy (non-hydrogen) atoms. The van der Waals surface area contributed by atoms with E-state index in [1.807, 2.05) is 19.1 Å². The molecule has 0 unspecified atom stereocenters. The molecule has 1 saturated heterocycles. The van der Waals surface area contributed by atoms with Gasteiger partial charge in [0.25, 0.3) is 5.91 Å². The van der Waals surface area contributed by atoms with Crippen LogP contribution in [0.5, 0.6) is 0 Å². The van der Waals surface area contributed by atoms with Gasteiger partial charge in [-0.3, -0.25) is 14.7 Å². The van der Waals surface area contributed by atoms with Gasteiger partial charge in [-0.15, -0.1) is 0 Å². The summed E-state index contributed by atoms with van der Waals surface area (Å²) in [7, 11) is 0. The van der Waals surface area contributed by atoms with Crippen LogP contribution in [0.3, 0.4) is 0 Å². The predicted octanol–water partition coefficient (Wildman–Crippen LogP) is 2.18. The number of carbonyl (C=O) groups excluding carboxylic acids is 1. The van der Waals surface area contributed by atoms with Crippen LogP contribution in [-0.2, 0) is 6.54 Å². The fourth-order valence-electron chi connectivity index (χ4n) is 2.93. The number of nitrogens with zero attached hydrogens (tertiary/aromatic N) is 3. The van der Waals surface area contributed by atoms with Crippen molar-refractivity contribution < 1.29 is 9.18 Å². The summed E-state index contributed by atoms with van der Waals surface area (Å²) in [6.07, 6.45) is 4.07. The van der Waals surface area contributed by atoms with E-state index in [-0.39, 0.29) is 11.7 Å². The highest BCUT2D eigenvalue weighted by atomic mass is 19.1. The Morgan fingerprint density at radius 2 is 2.17 bits per heavy atom. The Kier molecular flexibility index (Phi) is 5.15. The van der Waals surface area contributed by atoms with Gasteiger partial charge in [-0.2, -0.15) is 0 Å². The molecule has 0 spiro atoms. The molecule has 0 aliphatic carbocycles. The minimum Gasteiger partial charge on any atom is -0.350 e. The third-order valence-corrected chi connectivity index (χ3v) is 4.29. The largest absolute Gasteiger partial charge is 0.350 e. The molecule has 2 heterocycles. The highest BCUT2D eigenvalue weighted by Crippen LogP contribution is 2.19. The molecular formula is C18H21FN4O. The maximum Gasteiger partial charge on any atom is 0.271 e. The molecular weight excluding hydrogens is 307 g/mol. The quantitative estimate of drug-likeness (QED) is 0.914. The Hall–Kier alpha value is -2.34. The smallest absolute Gasteiger partial charge is 0.271 e. The molecule has 0 radical (unpaired) electrons. The number of benzene rings is 1. The summed E-state index contributed by atoms with van der Waals surface area (Å²) in [6, 6.07) is 6.87. The van der Waals surface area contributed by atoms with Gasteiger partial charge >= 0.3 is 0 Å². The Labute approximate surface area is 140 Å². The normalized spacial score (nSPS) is 17.8. The topological polar surface area (TPSA) is 58.1 Å². The van der Waals surface area contributed by atoms with Crippen LogP contribution in [0.2, 0.25) is 0 Å². The lowest BCUT2D eigenvalue weighted by molar-refractivity contribution is 0.0942. The number of amides is 1. The average molecular weight is 328 g/mol. The minimum atomic E-state index is -0.199. The van der Waals surface area contributed by atoms with Crippen LogP contribution < -0.4 is 5.32 Å². The number of aryl methyl sites for hydroxylation is 1. The van der Waals surface area contributed by atoms with Gasteiger partial charge in [-0.25, -0.2) is 9.37 Å². The monoisotopic (exact) mass is 328 g/mol. The molecule has 0 saturated carbocycles. The van der Waals surface area contributed by atoms with Gasteiger partial charge in [0.15, 0.2) is 0 Å². The van der Waals surface area contributed by atoms with E-state index in [1.54, 1.807) is 12.3 Å². The van der Waals surface area contributed by atoms with Crippen molar-refractivity contribution in [1.29, 1.82) is 0 Å². The fourth-order valence-corrected chi connectivity index (χ4v) is 2.93. The predicted molar refractivity (Wildman–Crippen MR) is 88.9 cm³/mol. The number of rotatable bonds is 5. The van der Waals surface area contributed by atoms with Crippen molar-refractivity contribution in [3.8, 4) is 0 Å². The molecule has 5 nitrogen and oxygen atoms in total. The van der Waals surface area contributed by atoms with E-state index >= 15 is 0 Å². The van der Waals surface area contributed by atoms with E-state index in [2.05, 4.69) is 20.2 Å². The van der Waals surface area contributed by atoms with Crippen molar-refractivity contribution in [2.45, 2.75) is 19.9 Å². The summed E-state index contributed by atoms with van der Waals surface area (Å²) in [5, 5.41) is 2.91. The molecule has 1 aliphatic rings. The van der Waals surface area contributed by atoms with Crippen molar-refractivity contribution in [2.75, 3.05) is 19.6 Å². The zero-order valence-corrected chi connectivity index (χ0v) is 13.7. The first-order chi connectivity index (χ1) is 11.6. The van der Waals surface area contributed by atoms with Gasteiger partial charge in [0, 0.05) is 31.4 Å². The first-order valence-electron chi connectivity index (χ1n) is 8.14. The third-order valence-electron chi connectivity index (χ3n) is 4.29. The average Bonchev–Trinajstić information content (AvgIpc) is 3.03. The highest BCUT2D eigenvalue weighted by Gasteiger charge is 2.23.